The second-order valence-electron chi connectivity index (χ2n) is 4.62. The van der Waals surface area contributed by atoms with Crippen molar-refractivity contribution in [1.82, 2.24) is 9.55 Å². The van der Waals surface area contributed by atoms with E-state index in [9.17, 15) is 0 Å². The molecule has 2 aromatic rings. The Balaban J connectivity index is 2.11. The van der Waals surface area contributed by atoms with E-state index in [2.05, 4.69) is 29.8 Å². The first-order chi connectivity index (χ1) is 8.29. The smallest absolute Gasteiger partial charge is 0.113 e. The predicted molar refractivity (Wildman–Crippen MR) is 73.3 cm³/mol. The molecule has 3 rings (SSSR count). The van der Waals surface area contributed by atoms with Gasteiger partial charge >= 0.3 is 0 Å². The Labute approximate surface area is 105 Å². The van der Waals surface area contributed by atoms with Crippen LogP contribution >= 0.6 is 11.8 Å². The average Bonchev–Trinajstić information content (AvgIpc) is 2.97. The minimum Gasteiger partial charge on any atom is -0.331 e. The molecule has 1 unspecified atom stereocenters. The average molecular weight is 247 g/mol. The zero-order chi connectivity index (χ0) is 11.8. The highest BCUT2D eigenvalue weighted by Gasteiger charge is 2.22. The van der Waals surface area contributed by atoms with Gasteiger partial charge in [-0.2, -0.15) is 11.8 Å². The third kappa shape index (κ3) is 1.85. The van der Waals surface area contributed by atoms with Gasteiger partial charge in [0.1, 0.15) is 5.82 Å². The fourth-order valence-corrected chi connectivity index (χ4v) is 3.70. The van der Waals surface area contributed by atoms with Gasteiger partial charge in [0.25, 0.3) is 0 Å². The van der Waals surface area contributed by atoms with Crippen LogP contribution in [0.5, 0.6) is 0 Å². The van der Waals surface area contributed by atoms with Gasteiger partial charge in [0, 0.05) is 25.3 Å². The number of thioether (sulfide) groups is 1. The minimum atomic E-state index is 0.593. The van der Waals surface area contributed by atoms with E-state index in [1.165, 1.54) is 34.8 Å². The summed E-state index contributed by atoms with van der Waals surface area (Å²) in [7, 11) is 2.12. The maximum absolute atomic E-state index is 5.69. The number of nitrogens with zero attached hydrogens (tertiary/aromatic N) is 2. The van der Waals surface area contributed by atoms with E-state index < -0.39 is 0 Å². The third-order valence-corrected chi connectivity index (χ3v) is 4.67. The highest BCUT2D eigenvalue weighted by molar-refractivity contribution is 7.99. The molecule has 0 amide bonds. The summed E-state index contributed by atoms with van der Waals surface area (Å²) < 4.78 is 2.24. The number of aromatic nitrogens is 2. The van der Waals surface area contributed by atoms with Gasteiger partial charge in [-0.3, -0.25) is 0 Å². The van der Waals surface area contributed by atoms with Gasteiger partial charge in [-0.1, -0.05) is 6.07 Å². The molecule has 1 aliphatic rings. The van der Waals surface area contributed by atoms with Crippen molar-refractivity contribution >= 4 is 22.8 Å². The first kappa shape index (κ1) is 11.1. The lowest BCUT2D eigenvalue weighted by atomic mass is 10.1. The number of benzene rings is 1. The Morgan fingerprint density at radius 2 is 2.41 bits per heavy atom. The Morgan fingerprint density at radius 1 is 1.53 bits per heavy atom. The molecule has 1 aliphatic heterocycles. The summed E-state index contributed by atoms with van der Waals surface area (Å²) in [5, 5.41) is 0. The molecule has 1 aromatic heterocycles. The molecule has 0 saturated carbocycles. The van der Waals surface area contributed by atoms with Gasteiger partial charge < -0.3 is 10.3 Å². The van der Waals surface area contributed by atoms with Crippen molar-refractivity contribution < 1.29 is 0 Å². The van der Waals surface area contributed by atoms with Crippen molar-refractivity contribution in [2.75, 3.05) is 11.5 Å². The van der Waals surface area contributed by atoms with Gasteiger partial charge in [0.15, 0.2) is 0 Å². The molecule has 0 bridgehead atoms. The molecule has 90 valence electrons. The SMILES string of the molecule is Cn1c(C2CCSC2)nc2ccc(CN)cc21. The minimum absolute atomic E-state index is 0.593. The van der Waals surface area contributed by atoms with Crippen molar-refractivity contribution in [3.05, 3.63) is 29.6 Å². The molecule has 4 heteroatoms. The maximum atomic E-state index is 5.69. The highest BCUT2D eigenvalue weighted by Crippen LogP contribution is 2.33. The van der Waals surface area contributed by atoms with Crippen LogP contribution in [0.15, 0.2) is 18.2 Å². The van der Waals surface area contributed by atoms with Crippen LogP contribution < -0.4 is 5.73 Å². The van der Waals surface area contributed by atoms with Crippen molar-refractivity contribution in [2.45, 2.75) is 18.9 Å². The summed E-state index contributed by atoms with van der Waals surface area (Å²) in [4.78, 5) is 4.78. The number of nitrogens with two attached hydrogens (primary N) is 1. The first-order valence-corrected chi connectivity index (χ1v) is 7.18. The quantitative estimate of drug-likeness (QED) is 0.885. The van der Waals surface area contributed by atoms with E-state index in [-0.39, 0.29) is 0 Å². The van der Waals surface area contributed by atoms with Crippen LogP contribution in [0.3, 0.4) is 0 Å². The molecule has 1 atom stereocenters. The van der Waals surface area contributed by atoms with Crippen LogP contribution in [0.1, 0.15) is 23.7 Å². The van der Waals surface area contributed by atoms with E-state index in [1.807, 2.05) is 11.8 Å². The third-order valence-electron chi connectivity index (χ3n) is 3.51. The van der Waals surface area contributed by atoms with Crippen molar-refractivity contribution in [2.24, 2.45) is 12.8 Å². The van der Waals surface area contributed by atoms with Crippen LogP contribution in [0.2, 0.25) is 0 Å². The Hall–Kier alpha value is -1.00. The number of imidazole rings is 1. The number of aryl methyl sites for hydroxylation is 1. The molecule has 3 nitrogen and oxygen atoms in total. The molecule has 1 fully saturated rings. The van der Waals surface area contributed by atoms with Crippen molar-refractivity contribution in [3.8, 4) is 0 Å². The molecule has 0 spiro atoms. The molecule has 0 radical (unpaired) electrons. The molecule has 17 heavy (non-hydrogen) atoms. The number of rotatable bonds is 2. The molecule has 1 saturated heterocycles. The molecule has 2 N–H and O–H groups in total. The summed E-state index contributed by atoms with van der Waals surface area (Å²) in [5.41, 5.74) is 9.16. The fraction of sp³-hybridized carbons (Fsp3) is 0.462. The van der Waals surface area contributed by atoms with Gasteiger partial charge in [-0.15, -0.1) is 0 Å². The van der Waals surface area contributed by atoms with Gasteiger partial charge in [-0.25, -0.2) is 4.98 Å². The Bertz CT molecular complexity index is 541. The van der Waals surface area contributed by atoms with Crippen molar-refractivity contribution in [1.29, 1.82) is 0 Å². The lowest BCUT2D eigenvalue weighted by Gasteiger charge is -2.08. The standard InChI is InChI=1S/C13H17N3S/c1-16-12-6-9(7-14)2-3-11(12)15-13(16)10-4-5-17-8-10/h2-3,6,10H,4-5,7-8,14H2,1H3. The zero-order valence-corrected chi connectivity index (χ0v) is 10.8. The Kier molecular flexibility index (Phi) is 2.84. The summed E-state index contributed by atoms with van der Waals surface area (Å²) in [5.74, 6) is 4.33. The van der Waals surface area contributed by atoms with Crippen molar-refractivity contribution in [3.63, 3.8) is 0 Å². The largest absolute Gasteiger partial charge is 0.331 e. The normalized spacial score (nSPS) is 20.2. The molecule has 1 aromatic carbocycles. The zero-order valence-electron chi connectivity index (χ0n) is 10.0. The summed E-state index contributed by atoms with van der Waals surface area (Å²) >= 11 is 2.03. The van der Waals surface area contributed by atoms with E-state index in [0.717, 1.165) is 5.52 Å². The van der Waals surface area contributed by atoms with E-state index >= 15 is 0 Å². The topological polar surface area (TPSA) is 43.8 Å². The van der Waals surface area contributed by atoms with Gasteiger partial charge in [0.2, 0.25) is 0 Å². The summed E-state index contributed by atoms with van der Waals surface area (Å²) in [6.45, 7) is 0.593. The molecular weight excluding hydrogens is 230 g/mol. The van der Waals surface area contributed by atoms with E-state index in [1.54, 1.807) is 0 Å². The van der Waals surface area contributed by atoms with Gasteiger partial charge in [-0.05, 0) is 29.9 Å². The summed E-state index contributed by atoms with van der Waals surface area (Å²) in [6, 6.07) is 6.32. The first-order valence-electron chi connectivity index (χ1n) is 6.02. The Morgan fingerprint density at radius 3 is 3.12 bits per heavy atom. The second-order valence-corrected chi connectivity index (χ2v) is 5.77. The van der Waals surface area contributed by atoms with E-state index in [4.69, 9.17) is 10.7 Å². The highest BCUT2D eigenvalue weighted by atomic mass is 32.2. The number of fused-ring (bicyclic) bond motifs is 1. The lowest BCUT2D eigenvalue weighted by Crippen LogP contribution is -2.05. The summed E-state index contributed by atoms with van der Waals surface area (Å²) in [6.07, 6.45) is 1.26. The van der Waals surface area contributed by atoms with Crippen LogP contribution in [-0.4, -0.2) is 21.1 Å². The van der Waals surface area contributed by atoms with E-state index in [0.29, 0.717) is 12.5 Å². The monoisotopic (exact) mass is 247 g/mol. The molecular formula is C13H17N3S. The second kappa shape index (κ2) is 4.35. The maximum Gasteiger partial charge on any atom is 0.113 e. The van der Waals surface area contributed by atoms with Crippen LogP contribution in [-0.2, 0) is 13.6 Å². The van der Waals surface area contributed by atoms with Crippen LogP contribution in [0.4, 0.5) is 0 Å². The van der Waals surface area contributed by atoms with Gasteiger partial charge in [0.05, 0.1) is 11.0 Å². The molecule has 0 aliphatic carbocycles. The van der Waals surface area contributed by atoms with Crippen LogP contribution in [0, 0.1) is 0 Å². The number of hydrogen-bond donors (Lipinski definition) is 1. The van der Waals surface area contributed by atoms with Crippen LogP contribution in [0.25, 0.3) is 11.0 Å². The fourth-order valence-electron chi connectivity index (χ4n) is 2.48. The predicted octanol–water partition coefficient (Wildman–Crippen LogP) is 2.25. The molecule has 2 heterocycles. The number of hydrogen-bond acceptors (Lipinski definition) is 3. The lowest BCUT2D eigenvalue weighted by molar-refractivity contribution is 0.680.